The third-order valence-corrected chi connectivity index (χ3v) is 2.49. The molecule has 0 spiro atoms. The highest BCUT2D eigenvalue weighted by molar-refractivity contribution is 5.63. The summed E-state index contributed by atoms with van der Waals surface area (Å²) in [5.74, 6) is 0.533. The summed E-state index contributed by atoms with van der Waals surface area (Å²) in [7, 11) is 1.40. The van der Waals surface area contributed by atoms with Crippen molar-refractivity contribution in [1.82, 2.24) is 9.97 Å². The minimum atomic E-state index is -4.43. The standard InChI is InChI=1S/C12H11F3N2O/c1-7-6-16-11(17-7)9-5-8(18-2)3-4-10(9)12(13,14)15/h3-6H,1-2H3,(H,16,17). The van der Waals surface area contributed by atoms with Crippen LogP contribution < -0.4 is 4.74 Å². The van der Waals surface area contributed by atoms with E-state index in [1.165, 1.54) is 25.4 Å². The van der Waals surface area contributed by atoms with Gasteiger partial charge in [-0.3, -0.25) is 0 Å². The summed E-state index contributed by atoms with van der Waals surface area (Å²) in [6, 6.07) is 3.59. The highest BCUT2D eigenvalue weighted by atomic mass is 19.4. The number of hydrogen-bond acceptors (Lipinski definition) is 2. The summed E-state index contributed by atoms with van der Waals surface area (Å²) in [5, 5.41) is 0. The molecular weight excluding hydrogens is 245 g/mol. The Kier molecular flexibility index (Phi) is 3.02. The van der Waals surface area contributed by atoms with Crippen LogP contribution in [0.4, 0.5) is 13.2 Å². The molecule has 0 saturated carbocycles. The second kappa shape index (κ2) is 4.36. The quantitative estimate of drug-likeness (QED) is 0.894. The summed E-state index contributed by atoms with van der Waals surface area (Å²) in [5.41, 5.74) is -0.0615. The van der Waals surface area contributed by atoms with Crippen molar-refractivity contribution in [3.8, 4) is 17.1 Å². The first-order valence-electron chi connectivity index (χ1n) is 5.19. The molecule has 0 radical (unpaired) electrons. The third-order valence-electron chi connectivity index (χ3n) is 2.49. The number of halogens is 3. The van der Waals surface area contributed by atoms with E-state index in [0.29, 0.717) is 11.4 Å². The number of ether oxygens (including phenoxy) is 1. The van der Waals surface area contributed by atoms with Crippen LogP contribution in [0.1, 0.15) is 11.3 Å². The Balaban J connectivity index is 2.61. The molecule has 0 amide bonds. The average Bonchev–Trinajstić information content (AvgIpc) is 2.74. The van der Waals surface area contributed by atoms with Crippen LogP contribution in [0.15, 0.2) is 24.4 Å². The van der Waals surface area contributed by atoms with E-state index < -0.39 is 11.7 Å². The zero-order valence-electron chi connectivity index (χ0n) is 9.80. The van der Waals surface area contributed by atoms with Crippen LogP contribution in [0, 0.1) is 6.92 Å². The molecule has 96 valence electrons. The molecule has 0 aliphatic rings. The molecule has 1 heterocycles. The molecule has 0 fully saturated rings. The SMILES string of the molecule is COc1ccc(C(F)(F)F)c(-c2ncc(C)[nH]2)c1. The average molecular weight is 256 g/mol. The topological polar surface area (TPSA) is 37.9 Å². The lowest BCUT2D eigenvalue weighted by atomic mass is 10.1. The molecule has 2 aromatic rings. The zero-order chi connectivity index (χ0) is 13.3. The molecule has 2 rings (SSSR count). The van der Waals surface area contributed by atoms with Gasteiger partial charge in [0.1, 0.15) is 11.6 Å². The number of aryl methyl sites for hydroxylation is 1. The van der Waals surface area contributed by atoms with E-state index in [2.05, 4.69) is 9.97 Å². The molecule has 0 aliphatic heterocycles. The predicted octanol–water partition coefficient (Wildman–Crippen LogP) is 3.41. The molecule has 0 atom stereocenters. The zero-order valence-corrected chi connectivity index (χ0v) is 9.80. The number of imidazole rings is 1. The molecule has 1 N–H and O–H groups in total. The monoisotopic (exact) mass is 256 g/mol. The van der Waals surface area contributed by atoms with Gasteiger partial charge in [0.05, 0.1) is 12.7 Å². The number of nitrogens with zero attached hydrogens (tertiary/aromatic N) is 1. The van der Waals surface area contributed by atoms with E-state index >= 15 is 0 Å². The van der Waals surface area contributed by atoms with Crippen LogP contribution in [0.2, 0.25) is 0 Å². The van der Waals surface area contributed by atoms with Gasteiger partial charge in [0, 0.05) is 17.5 Å². The number of rotatable bonds is 2. The Morgan fingerprint density at radius 1 is 1.28 bits per heavy atom. The molecule has 0 saturated heterocycles. The van der Waals surface area contributed by atoms with Gasteiger partial charge in [0.25, 0.3) is 0 Å². The maximum absolute atomic E-state index is 12.9. The van der Waals surface area contributed by atoms with Gasteiger partial charge in [-0.25, -0.2) is 4.98 Å². The van der Waals surface area contributed by atoms with Crippen LogP contribution in [-0.4, -0.2) is 17.1 Å². The smallest absolute Gasteiger partial charge is 0.417 e. The second-order valence-corrected chi connectivity index (χ2v) is 3.82. The van der Waals surface area contributed by atoms with E-state index in [1.54, 1.807) is 6.92 Å². The van der Waals surface area contributed by atoms with Crippen molar-refractivity contribution in [2.24, 2.45) is 0 Å². The fourth-order valence-corrected chi connectivity index (χ4v) is 1.64. The number of hydrogen-bond donors (Lipinski definition) is 1. The number of nitrogens with one attached hydrogen (secondary N) is 1. The van der Waals surface area contributed by atoms with E-state index in [1.807, 2.05) is 0 Å². The summed E-state index contributed by atoms with van der Waals surface area (Å²) >= 11 is 0. The largest absolute Gasteiger partial charge is 0.497 e. The van der Waals surface area contributed by atoms with E-state index in [9.17, 15) is 13.2 Å². The lowest BCUT2D eigenvalue weighted by Crippen LogP contribution is -2.07. The van der Waals surface area contributed by atoms with Gasteiger partial charge >= 0.3 is 6.18 Å². The van der Waals surface area contributed by atoms with Gasteiger partial charge in [0.2, 0.25) is 0 Å². The highest BCUT2D eigenvalue weighted by Crippen LogP contribution is 2.37. The lowest BCUT2D eigenvalue weighted by molar-refractivity contribution is -0.137. The van der Waals surface area contributed by atoms with Gasteiger partial charge in [-0.15, -0.1) is 0 Å². The molecule has 1 aromatic heterocycles. The number of aromatic nitrogens is 2. The van der Waals surface area contributed by atoms with Crippen molar-refractivity contribution in [2.45, 2.75) is 13.1 Å². The summed E-state index contributed by atoms with van der Waals surface area (Å²) in [6.45, 7) is 1.73. The second-order valence-electron chi connectivity index (χ2n) is 3.82. The van der Waals surface area contributed by atoms with Crippen molar-refractivity contribution in [2.75, 3.05) is 7.11 Å². The maximum Gasteiger partial charge on any atom is 0.417 e. The number of benzene rings is 1. The summed E-state index contributed by atoms with van der Waals surface area (Å²) < 4.78 is 43.6. The molecule has 1 aromatic carbocycles. The molecule has 0 unspecified atom stereocenters. The Bertz CT molecular complexity index is 561. The Labute approximate surface area is 102 Å². The molecule has 0 bridgehead atoms. The van der Waals surface area contributed by atoms with Crippen LogP contribution in [0.25, 0.3) is 11.4 Å². The van der Waals surface area contributed by atoms with E-state index in [4.69, 9.17) is 4.74 Å². The fourth-order valence-electron chi connectivity index (χ4n) is 1.64. The fraction of sp³-hybridized carbons (Fsp3) is 0.250. The first-order valence-corrected chi connectivity index (χ1v) is 5.19. The Morgan fingerprint density at radius 3 is 2.50 bits per heavy atom. The molecule has 3 nitrogen and oxygen atoms in total. The maximum atomic E-state index is 12.9. The van der Waals surface area contributed by atoms with Crippen molar-refractivity contribution < 1.29 is 17.9 Å². The summed E-state index contributed by atoms with van der Waals surface area (Å²) in [6.07, 6.45) is -2.95. The Hall–Kier alpha value is -1.98. The molecule has 18 heavy (non-hydrogen) atoms. The van der Waals surface area contributed by atoms with Crippen LogP contribution in [0.5, 0.6) is 5.75 Å². The minimum absolute atomic E-state index is 0.0186. The van der Waals surface area contributed by atoms with Gasteiger partial charge in [-0.1, -0.05) is 0 Å². The first-order chi connectivity index (χ1) is 8.41. The van der Waals surface area contributed by atoms with Gasteiger partial charge < -0.3 is 9.72 Å². The number of alkyl halides is 3. The van der Waals surface area contributed by atoms with Gasteiger partial charge in [0.15, 0.2) is 0 Å². The van der Waals surface area contributed by atoms with Crippen LogP contribution in [0.3, 0.4) is 0 Å². The van der Waals surface area contributed by atoms with E-state index in [0.717, 1.165) is 6.07 Å². The molecule has 0 aliphatic carbocycles. The summed E-state index contributed by atoms with van der Waals surface area (Å²) in [4.78, 5) is 6.71. The number of aromatic amines is 1. The van der Waals surface area contributed by atoms with Crippen LogP contribution in [-0.2, 0) is 6.18 Å². The van der Waals surface area contributed by atoms with Crippen molar-refractivity contribution in [3.05, 3.63) is 35.7 Å². The Morgan fingerprint density at radius 2 is 2.00 bits per heavy atom. The van der Waals surface area contributed by atoms with Crippen LogP contribution >= 0.6 is 0 Å². The van der Waals surface area contributed by atoms with Crippen molar-refractivity contribution in [1.29, 1.82) is 0 Å². The third kappa shape index (κ3) is 2.32. The predicted molar refractivity (Wildman–Crippen MR) is 60.3 cm³/mol. The number of methoxy groups -OCH3 is 1. The molecule has 6 heteroatoms. The highest BCUT2D eigenvalue weighted by Gasteiger charge is 2.34. The van der Waals surface area contributed by atoms with Crippen molar-refractivity contribution in [3.63, 3.8) is 0 Å². The van der Waals surface area contributed by atoms with Gasteiger partial charge in [-0.2, -0.15) is 13.2 Å². The normalized spacial score (nSPS) is 11.6. The van der Waals surface area contributed by atoms with Gasteiger partial charge in [-0.05, 0) is 25.1 Å². The van der Waals surface area contributed by atoms with E-state index in [-0.39, 0.29) is 11.4 Å². The lowest BCUT2D eigenvalue weighted by Gasteiger charge is -2.12. The molecular formula is C12H11F3N2O. The minimum Gasteiger partial charge on any atom is -0.497 e. The number of H-pyrrole nitrogens is 1. The first kappa shape index (κ1) is 12.5. The van der Waals surface area contributed by atoms with Crippen molar-refractivity contribution >= 4 is 0 Å².